The molecule has 164 valence electrons. The Morgan fingerprint density at radius 3 is 2.61 bits per heavy atom. The van der Waals surface area contributed by atoms with Crippen LogP contribution in [0.25, 0.3) is 0 Å². The van der Waals surface area contributed by atoms with Crippen molar-refractivity contribution in [2.24, 2.45) is 0 Å². The van der Waals surface area contributed by atoms with Crippen LogP contribution in [0, 0.1) is 11.3 Å². The van der Waals surface area contributed by atoms with E-state index in [2.05, 4.69) is 0 Å². The first-order valence-corrected chi connectivity index (χ1v) is 10.4. The van der Waals surface area contributed by atoms with E-state index in [0.717, 1.165) is 12.5 Å². The summed E-state index contributed by atoms with van der Waals surface area (Å²) >= 11 is 6.21. The van der Waals surface area contributed by atoms with Crippen molar-refractivity contribution >= 4 is 23.2 Å². The fourth-order valence-electron chi connectivity index (χ4n) is 3.89. The largest absolute Gasteiger partial charge is 0.416 e. The van der Waals surface area contributed by atoms with E-state index < -0.39 is 11.7 Å². The van der Waals surface area contributed by atoms with Crippen molar-refractivity contribution in [2.75, 3.05) is 11.4 Å². The minimum Gasteiger partial charge on any atom is -0.362 e. The fourth-order valence-corrected chi connectivity index (χ4v) is 4.11. The number of nitriles is 1. The van der Waals surface area contributed by atoms with Crippen LogP contribution >= 0.6 is 11.6 Å². The summed E-state index contributed by atoms with van der Waals surface area (Å²) in [6.45, 7) is 4.33. The molecule has 1 aliphatic rings. The van der Waals surface area contributed by atoms with Gasteiger partial charge in [-0.25, -0.2) is 0 Å². The lowest BCUT2D eigenvalue weighted by Crippen LogP contribution is -2.40. The van der Waals surface area contributed by atoms with Gasteiger partial charge in [0.2, 0.25) is 5.91 Å². The highest BCUT2D eigenvalue weighted by Gasteiger charge is 2.38. The van der Waals surface area contributed by atoms with E-state index in [-0.39, 0.29) is 47.1 Å². The molecule has 1 fully saturated rings. The van der Waals surface area contributed by atoms with Gasteiger partial charge in [0.25, 0.3) is 0 Å². The summed E-state index contributed by atoms with van der Waals surface area (Å²) in [7, 11) is 0. The van der Waals surface area contributed by atoms with Crippen molar-refractivity contribution in [3.63, 3.8) is 0 Å². The number of likely N-dealkylation sites (tertiary alicyclic amines) is 1. The molecule has 0 saturated carbocycles. The summed E-state index contributed by atoms with van der Waals surface area (Å²) < 4.78 is 40.7. The molecule has 0 spiro atoms. The minimum atomic E-state index is -4.49. The Balaban J connectivity index is 2.02. The van der Waals surface area contributed by atoms with E-state index in [1.807, 2.05) is 19.9 Å². The Kier molecular flexibility index (Phi) is 6.80. The Bertz CT molecular complexity index is 1000. The molecule has 2 aromatic rings. The van der Waals surface area contributed by atoms with Crippen LogP contribution < -0.4 is 4.90 Å². The summed E-state index contributed by atoms with van der Waals surface area (Å²) in [5.41, 5.74) is 0.266. The smallest absolute Gasteiger partial charge is 0.362 e. The third-order valence-electron chi connectivity index (χ3n) is 5.77. The first-order chi connectivity index (χ1) is 14.7. The van der Waals surface area contributed by atoms with Gasteiger partial charge in [0.05, 0.1) is 22.2 Å². The zero-order valence-electron chi connectivity index (χ0n) is 17.3. The van der Waals surface area contributed by atoms with E-state index in [1.165, 1.54) is 12.1 Å². The van der Waals surface area contributed by atoms with Crippen molar-refractivity contribution in [3.05, 3.63) is 64.2 Å². The minimum absolute atomic E-state index is 0.0202. The molecule has 3 rings (SSSR count). The molecule has 1 heterocycles. The SMILES string of the molecule is CCC(C)N1C[C@@H](N(Cc2ccccc2C(F)(F)F)c2ccc(C#N)c(Cl)c2)CC1=O. The third kappa shape index (κ3) is 4.96. The molecule has 0 bridgehead atoms. The van der Waals surface area contributed by atoms with Crippen LogP contribution in [0.3, 0.4) is 0 Å². The van der Waals surface area contributed by atoms with Crippen molar-refractivity contribution in [1.82, 2.24) is 4.90 Å². The molecule has 1 aliphatic heterocycles. The fraction of sp³-hybridized carbons (Fsp3) is 0.391. The topological polar surface area (TPSA) is 47.3 Å². The van der Waals surface area contributed by atoms with Gasteiger partial charge < -0.3 is 9.80 Å². The van der Waals surface area contributed by atoms with Crippen molar-refractivity contribution in [2.45, 2.75) is 51.5 Å². The van der Waals surface area contributed by atoms with E-state index in [4.69, 9.17) is 16.9 Å². The van der Waals surface area contributed by atoms with Gasteiger partial charge in [-0.15, -0.1) is 0 Å². The number of anilines is 1. The number of benzene rings is 2. The Morgan fingerprint density at radius 1 is 1.29 bits per heavy atom. The summed E-state index contributed by atoms with van der Waals surface area (Å²) in [6.07, 6.45) is -3.49. The van der Waals surface area contributed by atoms with Crippen LogP contribution in [0.1, 0.15) is 43.4 Å². The van der Waals surface area contributed by atoms with Crippen molar-refractivity contribution < 1.29 is 18.0 Å². The zero-order valence-corrected chi connectivity index (χ0v) is 18.0. The zero-order chi connectivity index (χ0) is 22.8. The molecule has 2 atom stereocenters. The molecule has 31 heavy (non-hydrogen) atoms. The molecule has 1 unspecified atom stereocenters. The van der Waals surface area contributed by atoms with Crippen LogP contribution in [-0.4, -0.2) is 29.4 Å². The van der Waals surface area contributed by atoms with E-state index in [9.17, 15) is 18.0 Å². The highest BCUT2D eigenvalue weighted by Crippen LogP contribution is 2.35. The second kappa shape index (κ2) is 9.19. The molecule has 8 heteroatoms. The van der Waals surface area contributed by atoms with Crippen molar-refractivity contribution in [3.8, 4) is 6.07 Å². The average Bonchev–Trinajstić information content (AvgIpc) is 3.12. The summed E-state index contributed by atoms with van der Waals surface area (Å²) in [6, 6.07) is 11.9. The molecule has 4 nitrogen and oxygen atoms in total. The van der Waals surface area contributed by atoms with E-state index in [1.54, 1.807) is 34.1 Å². The van der Waals surface area contributed by atoms with Gasteiger partial charge >= 0.3 is 6.18 Å². The summed E-state index contributed by atoms with van der Waals surface area (Å²) in [4.78, 5) is 16.2. The number of alkyl halides is 3. The quantitative estimate of drug-likeness (QED) is 0.573. The van der Waals surface area contributed by atoms with E-state index in [0.29, 0.717) is 12.2 Å². The molecule has 1 saturated heterocycles. The standard InChI is InChI=1S/C23H23ClF3N3O/c1-3-15(2)29-14-19(11-22(29)31)30(18-9-8-16(12-28)21(24)10-18)13-17-6-4-5-7-20(17)23(25,26)27/h4-10,15,19H,3,11,13-14H2,1-2H3/t15?,19-/m0/s1. The number of nitrogens with zero attached hydrogens (tertiary/aromatic N) is 3. The number of rotatable bonds is 6. The molecule has 0 aliphatic carbocycles. The lowest BCUT2D eigenvalue weighted by molar-refractivity contribution is -0.138. The van der Waals surface area contributed by atoms with Gasteiger partial charge in [0, 0.05) is 31.2 Å². The van der Waals surface area contributed by atoms with Gasteiger partial charge in [-0.05, 0) is 43.2 Å². The molecule has 1 amide bonds. The number of carbonyl (C=O) groups excluding carboxylic acids is 1. The second-order valence-corrected chi connectivity index (χ2v) is 8.13. The van der Waals surface area contributed by atoms with Crippen LogP contribution in [0.4, 0.5) is 18.9 Å². The first kappa shape index (κ1) is 23.0. The van der Waals surface area contributed by atoms with Crippen LogP contribution in [-0.2, 0) is 17.5 Å². The summed E-state index contributed by atoms with van der Waals surface area (Å²) in [5.74, 6) is -0.0202. The van der Waals surface area contributed by atoms with Crippen LogP contribution in [0.15, 0.2) is 42.5 Å². The van der Waals surface area contributed by atoms with Crippen molar-refractivity contribution in [1.29, 1.82) is 5.26 Å². The molecule has 2 aromatic carbocycles. The first-order valence-electron chi connectivity index (χ1n) is 10.1. The predicted molar refractivity (Wildman–Crippen MR) is 114 cm³/mol. The normalized spacial score (nSPS) is 17.5. The van der Waals surface area contributed by atoms with Gasteiger partial charge in [-0.1, -0.05) is 36.7 Å². The average molecular weight is 450 g/mol. The summed E-state index contributed by atoms with van der Waals surface area (Å²) in [5, 5.41) is 9.37. The van der Waals surface area contributed by atoms with Crippen LogP contribution in [0.5, 0.6) is 0 Å². The number of hydrogen-bond donors (Lipinski definition) is 0. The second-order valence-electron chi connectivity index (χ2n) is 7.72. The maximum Gasteiger partial charge on any atom is 0.416 e. The molecule has 0 radical (unpaired) electrons. The van der Waals surface area contributed by atoms with E-state index >= 15 is 0 Å². The Morgan fingerprint density at radius 2 is 2.00 bits per heavy atom. The highest BCUT2D eigenvalue weighted by atomic mass is 35.5. The third-order valence-corrected chi connectivity index (χ3v) is 6.08. The van der Waals surface area contributed by atoms with Gasteiger partial charge in [-0.3, -0.25) is 4.79 Å². The maximum absolute atomic E-state index is 13.6. The molecule has 0 N–H and O–H groups in total. The molecule has 0 aromatic heterocycles. The number of halogens is 4. The maximum atomic E-state index is 13.6. The molecular formula is C23H23ClF3N3O. The Labute approximate surface area is 184 Å². The van der Waals surface area contributed by atoms with Gasteiger partial charge in [0.15, 0.2) is 0 Å². The van der Waals surface area contributed by atoms with Crippen LogP contribution in [0.2, 0.25) is 5.02 Å². The lowest BCUT2D eigenvalue weighted by atomic mass is 10.0. The predicted octanol–water partition coefficient (Wildman–Crippen LogP) is 5.64. The monoisotopic (exact) mass is 449 g/mol. The Hall–Kier alpha value is -2.72. The number of hydrogen-bond acceptors (Lipinski definition) is 3. The van der Waals surface area contributed by atoms with Gasteiger partial charge in [-0.2, -0.15) is 18.4 Å². The lowest BCUT2D eigenvalue weighted by Gasteiger charge is -2.33. The highest BCUT2D eigenvalue weighted by molar-refractivity contribution is 6.32. The van der Waals surface area contributed by atoms with Gasteiger partial charge in [0.1, 0.15) is 6.07 Å². The number of carbonyl (C=O) groups is 1. The molecular weight excluding hydrogens is 427 g/mol. The number of amides is 1.